The molecule has 1 atom stereocenters. The number of ketones is 1. The third kappa shape index (κ3) is 2.64. The van der Waals surface area contributed by atoms with Crippen LogP contribution in [0.4, 0.5) is 0 Å². The van der Waals surface area contributed by atoms with Gasteiger partial charge in [0, 0.05) is 13.1 Å². The number of rotatable bonds is 2. The van der Waals surface area contributed by atoms with Crippen LogP contribution < -0.4 is 5.73 Å². The first-order chi connectivity index (χ1) is 7.25. The molecule has 1 heterocycles. The van der Waals surface area contributed by atoms with Gasteiger partial charge >= 0.3 is 0 Å². The Kier molecular flexibility index (Phi) is 3.14. The van der Waals surface area contributed by atoms with Gasteiger partial charge in [0.15, 0.2) is 5.78 Å². The van der Waals surface area contributed by atoms with Gasteiger partial charge in [0.1, 0.15) is 0 Å². The first-order valence-electron chi connectivity index (χ1n) is 5.30. The standard InChI is InChI=1S/C12H16N2O/c13-11-6-7-14(9-12(11)15)8-10-4-2-1-3-5-10/h1-5,11H,6-9,13H2. The van der Waals surface area contributed by atoms with E-state index >= 15 is 0 Å². The average molecular weight is 204 g/mol. The Labute approximate surface area is 89.9 Å². The second kappa shape index (κ2) is 4.55. The molecule has 1 saturated heterocycles. The lowest BCUT2D eigenvalue weighted by atomic mass is 10.0. The van der Waals surface area contributed by atoms with Crippen molar-refractivity contribution in [2.45, 2.75) is 19.0 Å². The molecule has 2 rings (SSSR count). The number of carbonyl (C=O) groups is 1. The molecule has 0 radical (unpaired) electrons. The molecule has 1 fully saturated rings. The zero-order valence-corrected chi connectivity index (χ0v) is 8.73. The highest BCUT2D eigenvalue weighted by atomic mass is 16.1. The number of hydrogen-bond donors (Lipinski definition) is 1. The fourth-order valence-corrected chi connectivity index (χ4v) is 1.88. The molecule has 0 bridgehead atoms. The van der Waals surface area contributed by atoms with Crippen LogP contribution in [0.2, 0.25) is 0 Å². The molecule has 1 aliphatic heterocycles. The summed E-state index contributed by atoms with van der Waals surface area (Å²) in [5, 5.41) is 0. The number of benzene rings is 1. The van der Waals surface area contributed by atoms with Crippen molar-refractivity contribution in [2.75, 3.05) is 13.1 Å². The Morgan fingerprint density at radius 3 is 2.73 bits per heavy atom. The van der Waals surface area contributed by atoms with E-state index < -0.39 is 0 Å². The van der Waals surface area contributed by atoms with Crippen molar-refractivity contribution < 1.29 is 4.79 Å². The summed E-state index contributed by atoms with van der Waals surface area (Å²) in [6, 6.07) is 9.97. The number of carbonyl (C=O) groups excluding carboxylic acids is 1. The number of Topliss-reactive ketones (excluding diaryl/α,β-unsaturated/α-hetero) is 1. The smallest absolute Gasteiger partial charge is 0.163 e. The number of hydrogen-bond acceptors (Lipinski definition) is 3. The minimum atomic E-state index is -0.239. The van der Waals surface area contributed by atoms with Crippen LogP contribution >= 0.6 is 0 Å². The Balaban J connectivity index is 1.94. The van der Waals surface area contributed by atoms with E-state index in [0.717, 1.165) is 19.5 Å². The van der Waals surface area contributed by atoms with Crippen LogP contribution in [0.5, 0.6) is 0 Å². The predicted molar refractivity (Wildman–Crippen MR) is 59.3 cm³/mol. The van der Waals surface area contributed by atoms with Gasteiger partial charge in [0.25, 0.3) is 0 Å². The lowest BCUT2D eigenvalue weighted by Gasteiger charge is -2.28. The van der Waals surface area contributed by atoms with Crippen LogP contribution in [0.15, 0.2) is 30.3 Å². The van der Waals surface area contributed by atoms with Crippen LogP contribution in [0.3, 0.4) is 0 Å². The van der Waals surface area contributed by atoms with Crippen molar-refractivity contribution in [3.8, 4) is 0 Å². The lowest BCUT2D eigenvalue weighted by molar-refractivity contribution is -0.123. The van der Waals surface area contributed by atoms with E-state index in [1.165, 1.54) is 5.56 Å². The van der Waals surface area contributed by atoms with E-state index in [0.29, 0.717) is 6.54 Å². The first-order valence-corrected chi connectivity index (χ1v) is 5.30. The van der Waals surface area contributed by atoms with Crippen molar-refractivity contribution in [3.63, 3.8) is 0 Å². The third-order valence-electron chi connectivity index (χ3n) is 2.80. The zero-order valence-electron chi connectivity index (χ0n) is 8.73. The molecule has 0 spiro atoms. The molecule has 3 heteroatoms. The second-order valence-corrected chi connectivity index (χ2v) is 4.06. The lowest BCUT2D eigenvalue weighted by Crippen LogP contribution is -2.47. The maximum Gasteiger partial charge on any atom is 0.163 e. The summed E-state index contributed by atoms with van der Waals surface area (Å²) in [5.41, 5.74) is 6.91. The molecule has 0 saturated carbocycles. The van der Waals surface area contributed by atoms with Gasteiger partial charge in [-0.1, -0.05) is 30.3 Å². The van der Waals surface area contributed by atoms with E-state index in [1.54, 1.807) is 0 Å². The summed E-state index contributed by atoms with van der Waals surface area (Å²) < 4.78 is 0. The highest BCUT2D eigenvalue weighted by Crippen LogP contribution is 2.10. The number of likely N-dealkylation sites (tertiary alicyclic amines) is 1. The zero-order chi connectivity index (χ0) is 10.7. The molecule has 1 aromatic rings. The molecule has 0 amide bonds. The Bertz CT molecular complexity index is 337. The Morgan fingerprint density at radius 2 is 2.07 bits per heavy atom. The summed E-state index contributed by atoms with van der Waals surface area (Å²) in [7, 11) is 0. The molecule has 1 aromatic carbocycles. The van der Waals surface area contributed by atoms with Crippen molar-refractivity contribution >= 4 is 5.78 Å². The molecule has 0 aliphatic carbocycles. The molecular weight excluding hydrogens is 188 g/mol. The van der Waals surface area contributed by atoms with Crippen molar-refractivity contribution in [1.82, 2.24) is 4.90 Å². The predicted octanol–water partition coefficient (Wildman–Crippen LogP) is 0.789. The minimum absolute atomic E-state index is 0.164. The summed E-state index contributed by atoms with van der Waals surface area (Å²) in [5.74, 6) is 0.164. The van der Waals surface area contributed by atoms with Crippen molar-refractivity contribution in [3.05, 3.63) is 35.9 Å². The van der Waals surface area contributed by atoms with Crippen LogP contribution in [-0.2, 0) is 11.3 Å². The fraction of sp³-hybridized carbons (Fsp3) is 0.417. The van der Waals surface area contributed by atoms with Crippen LogP contribution in [-0.4, -0.2) is 29.8 Å². The third-order valence-corrected chi connectivity index (χ3v) is 2.80. The minimum Gasteiger partial charge on any atom is -0.321 e. The first kappa shape index (κ1) is 10.3. The van der Waals surface area contributed by atoms with Gasteiger partial charge in [-0.2, -0.15) is 0 Å². The normalized spacial score (nSPS) is 23.0. The van der Waals surface area contributed by atoms with E-state index in [2.05, 4.69) is 17.0 Å². The van der Waals surface area contributed by atoms with Crippen LogP contribution in [0.1, 0.15) is 12.0 Å². The Hall–Kier alpha value is -1.19. The quantitative estimate of drug-likeness (QED) is 0.774. The topological polar surface area (TPSA) is 46.3 Å². The van der Waals surface area contributed by atoms with Gasteiger partial charge in [-0.15, -0.1) is 0 Å². The van der Waals surface area contributed by atoms with Crippen molar-refractivity contribution in [2.24, 2.45) is 5.73 Å². The van der Waals surface area contributed by atoms with Gasteiger partial charge in [0.2, 0.25) is 0 Å². The summed E-state index contributed by atoms with van der Waals surface area (Å²) in [6.45, 7) is 2.26. The largest absolute Gasteiger partial charge is 0.321 e. The van der Waals surface area contributed by atoms with Crippen LogP contribution in [0.25, 0.3) is 0 Å². The molecule has 15 heavy (non-hydrogen) atoms. The summed E-state index contributed by atoms with van der Waals surface area (Å²) in [6.07, 6.45) is 0.783. The van der Waals surface area contributed by atoms with E-state index in [1.807, 2.05) is 18.2 Å². The monoisotopic (exact) mass is 204 g/mol. The van der Waals surface area contributed by atoms with Gasteiger partial charge in [-0.05, 0) is 12.0 Å². The van der Waals surface area contributed by atoms with Gasteiger partial charge in [-0.25, -0.2) is 0 Å². The van der Waals surface area contributed by atoms with Gasteiger partial charge < -0.3 is 5.73 Å². The molecule has 80 valence electrons. The summed E-state index contributed by atoms with van der Waals surface area (Å²) >= 11 is 0. The van der Waals surface area contributed by atoms with Gasteiger partial charge in [-0.3, -0.25) is 9.69 Å². The SMILES string of the molecule is NC1CCN(Cc2ccccc2)CC1=O. The van der Waals surface area contributed by atoms with Crippen molar-refractivity contribution in [1.29, 1.82) is 0 Å². The molecule has 2 N–H and O–H groups in total. The second-order valence-electron chi connectivity index (χ2n) is 4.06. The number of nitrogens with two attached hydrogens (primary N) is 1. The maximum absolute atomic E-state index is 11.4. The van der Waals surface area contributed by atoms with Gasteiger partial charge in [0.05, 0.1) is 12.6 Å². The highest BCUT2D eigenvalue weighted by molar-refractivity contribution is 5.86. The van der Waals surface area contributed by atoms with E-state index in [9.17, 15) is 4.79 Å². The molecular formula is C12H16N2O. The number of piperidine rings is 1. The highest BCUT2D eigenvalue weighted by Gasteiger charge is 2.23. The average Bonchev–Trinajstić information content (AvgIpc) is 2.25. The molecule has 3 nitrogen and oxygen atoms in total. The fourth-order valence-electron chi connectivity index (χ4n) is 1.88. The molecule has 1 unspecified atom stereocenters. The summed E-state index contributed by atoms with van der Waals surface area (Å²) in [4.78, 5) is 13.6. The Morgan fingerprint density at radius 1 is 1.33 bits per heavy atom. The molecule has 0 aromatic heterocycles. The van der Waals surface area contributed by atoms with E-state index in [-0.39, 0.29) is 11.8 Å². The van der Waals surface area contributed by atoms with E-state index in [4.69, 9.17) is 5.73 Å². The van der Waals surface area contributed by atoms with Crippen LogP contribution in [0, 0.1) is 0 Å². The molecule has 1 aliphatic rings. The maximum atomic E-state index is 11.4. The number of nitrogens with zero attached hydrogens (tertiary/aromatic N) is 1.